The Hall–Kier alpha value is -1.15. The molecule has 1 saturated heterocycles. The number of benzene rings is 1. The smallest absolute Gasteiger partial charge is 0.240 e. The molecule has 0 bridgehead atoms. The van der Waals surface area contributed by atoms with Crippen molar-refractivity contribution in [1.29, 1.82) is 0 Å². The van der Waals surface area contributed by atoms with Gasteiger partial charge >= 0.3 is 0 Å². The highest BCUT2D eigenvalue weighted by molar-refractivity contribution is 7.89. The minimum atomic E-state index is -3.56. The molecule has 1 saturated carbocycles. The first kappa shape index (κ1) is 17.7. The summed E-state index contributed by atoms with van der Waals surface area (Å²) >= 11 is 0. The normalized spacial score (nSPS) is 23.5. The Morgan fingerprint density at radius 3 is 2.58 bits per heavy atom. The number of ether oxygens (including phenoxy) is 3. The fraction of sp³-hybridized carbons (Fsp3) is 0.647. The predicted molar refractivity (Wildman–Crippen MR) is 89.4 cm³/mol. The fourth-order valence-corrected chi connectivity index (χ4v) is 4.30. The molecule has 6 nitrogen and oxygen atoms in total. The lowest BCUT2D eigenvalue weighted by molar-refractivity contribution is -0.186. The zero-order chi connectivity index (χ0) is 17.0. The molecule has 1 aromatic rings. The predicted octanol–water partition coefficient (Wildman–Crippen LogP) is 2.44. The van der Waals surface area contributed by atoms with Crippen molar-refractivity contribution in [3.63, 3.8) is 0 Å². The quantitative estimate of drug-likeness (QED) is 0.848. The van der Waals surface area contributed by atoms with Crippen molar-refractivity contribution in [2.75, 3.05) is 19.8 Å². The molecule has 1 heterocycles. The van der Waals surface area contributed by atoms with E-state index in [-0.39, 0.29) is 17.5 Å². The van der Waals surface area contributed by atoms with Crippen LogP contribution in [0, 0.1) is 0 Å². The molecule has 0 aromatic heterocycles. The molecular weight excluding hydrogens is 330 g/mol. The van der Waals surface area contributed by atoms with E-state index >= 15 is 0 Å². The average molecular weight is 355 g/mol. The summed E-state index contributed by atoms with van der Waals surface area (Å²) in [6.07, 6.45) is 4.98. The second-order valence-electron chi connectivity index (χ2n) is 6.28. The van der Waals surface area contributed by atoms with Crippen molar-refractivity contribution >= 4 is 10.0 Å². The number of hydrogen-bond acceptors (Lipinski definition) is 5. The summed E-state index contributed by atoms with van der Waals surface area (Å²) < 4.78 is 44.5. The summed E-state index contributed by atoms with van der Waals surface area (Å²) in [6.45, 7) is 3.09. The van der Waals surface area contributed by atoms with E-state index in [4.69, 9.17) is 14.2 Å². The summed E-state index contributed by atoms with van der Waals surface area (Å²) in [5, 5.41) is 0. The topological polar surface area (TPSA) is 73.9 Å². The lowest BCUT2D eigenvalue weighted by atomic mass is 9.94. The lowest BCUT2D eigenvalue weighted by Crippen LogP contribution is -2.37. The Morgan fingerprint density at radius 1 is 1.21 bits per heavy atom. The molecule has 1 N–H and O–H groups in total. The van der Waals surface area contributed by atoms with Crippen LogP contribution in [0.15, 0.2) is 29.2 Å². The third-order valence-electron chi connectivity index (χ3n) is 4.48. The van der Waals surface area contributed by atoms with E-state index in [9.17, 15) is 8.42 Å². The first-order valence-electron chi connectivity index (χ1n) is 8.57. The molecule has 3 rings (SSSR count). The van der Waals surface area contributed by atoms with Gasteiger partial charge in [0.2, 0.25) is 10.0 Å². The first-order valence-corrected chi connectivity index (χ1v) is 10.1. The molecule has 0 radical (unpaired) electrons. The fourth-order valence-electron chi connectivity index (χ4n) is 3.24. The van der Waals surface area contributed by atoms with Gasteiger partial charge in [-0.05, 0) is 44.0 Å². The highest BCUT2D eigenvalue weighted by atomic mass is 32.2. The molecule has 7 heteroatoms. The molecule has 24 heavy (non-hydrogen) atoms. The number of sulfonamides is 1. The van der Waals surface area contributed by atoms with E-state index in [2.05, 4.69) is 4.72 Å². The van der Waals surface area contributed by atoms with Crippen molar-refractivity contribution < 1.29 is 22.6 Å². The van der Waals surface area contributed by atoms with Crippen LogP contribution in [-0.2, 0) is 19.5 Å². The van der Waals surface area contributed by atoms with E-state index < -0.39 is 15.8 Å². The Kier molecular flexibility index (Phi) is 5.44. The van der Waals surface area contributed by atoms with Crippen LogP contribution < -0.4 is 9.46 Å². The Bertz CT molecular complexity index is 637. The Morgan fingerprint density at radius 2 is 1.92 bits per heavy atom. The lowest BCUT2D eigenvalue weighted by Gasteiger charge is -2.31. The number of rotatable bonds is 6. The molecule has 1 unspecified atom stereocenters. The average Bonchev–Trinajstić information content (AvgIpc) is 2.97. The van der Waals surface area contributed by atoms with Gasteiger partial charge in [0.05, 0.1) is 24.2 Å². The number of hydrogen-bond donors (Lipinski definition) is 1. The summed E-state index contributed by atoms with van der Waals surface area (Å²) in [4.78, 5) is 0.220. The summed E-state index contributed by atoms with van der Waals surface area (Å²) in [6, 6.07) is 6.40. The Balaban J connectivity index is 1.55. The van der Waals surface area contributed by atoms with Gasteiger partial charge in [-0.3, -0.25) is 0 Å². The van der Waals surface area contributed by atoms with Crippen LogP contribution >= 0.6 is 0 Å². The first-order chi connectivity index (χ1) is 11.5. The standard InChI is InChI=1S/C17H25NO5S/c1-2-21-14-6-8-16(9-7-14)24(19,20)18-12-15-13-22-17(23-15)10-4-3-5-11-17/h6-9,15,18H,2-5,10-13H2,1H3. The molecule has 0 amide bonds. The van der Waals surface area contributed by atoms with Crippen LogP contribution in [0.25, 0.3) is 0 Å². The van der Waals surface area contributed by atoms with Gasteiger partial charge < -0.3 is 14.2 Å². The van der Waals surface area contributed by atoms with E-state index in [0.29, 0.717) is 19.0 Å². The zero-order valence-corrected chi connectivity index (χ0v) is 14.8. The van der Waals surface area contributed by atoms with Crippen LogP contribution in [0.4, 0.5) is 0 Å². The van der Waals surface area contributed by atoms with Crippen molar-refractivity contribution in [3.05, 3.63) is 24.3 Å². The second kappa shape index (κ2) is 7.39. The Labute approximate surface area is 143 Å². The maximum absolute atomic E-state index is 12.4. The highest BCUT2D eigenvalue weighted by Gasteiger charge is 2.42. The summed E-state index contributed by atoms with van der Waals surface area (Å²) in [7, 11) is -3.56. The maximum Gasteiger partial charge on any atom is 0.240 e. The van der Waals surface area contributed by atoms with Gasteiger partial charge in [0, 0.05) is 19.4 Å². The largest absolute Gasteiger partial charge is 0.494 e. The molecule has 1 atom stereocenters. The van der Waals surface area contributed by atoms with Crippen LogP contribution in [0.1, 0.15) is 39.0 Å². The van der Waals surface area contributed by atoms with Gasteiger partial charge in [0.25, 0.3) is 0 Å². The van der Waals surface area contributed by atoms with Gasteiger partial charge in [-0.25, -0.2) is 13.1 Å². The van der Waals surface area contributed by atoms with Gasteiger partial charge in [0.1, 0.15) is 5.75 Å². The molecule has 1 aromatic carbocycles. The van der Waals surface area contributed by atoms with Crippen molar-refractivity contribution in [2.45, 2.75) is 55.8 Å². The van der Waals surface area contributed by atoms with Crippen molar-refractivity contribution in [3.8, 4) is 5.75 Å². The molecule has 2 aliphatic rings. The van der Waals surface area contributed by atoms with Crippen LogP contribution in [0.3, 0.4) is 0 Å². The van der Waals surface area contributed by atoms with Gasteiger partial charge in [0.15, 0.2) is 5.79 Å². The SMILES string of the molecule is CCOc1ccc(S(=O)(=O)NCC2COC3(CCCCC3)O2)cc1. The third-order valence-corrected chi connectivity index (χ3v) is 5.91. The third kappa shape index (κ3) is 4.08. The van der Waals surface area contributed by atoms with Crippen molar-refractivity contribution in [1.82, 2.24) is 4.72 Å². The van der Waals surface area contributed by atoms with Gasteiger partial charge in [-0.1, -0.05) is 6.42 Å². The monoisotopic (exact) mass is 355 g/mol. The van der Waals surface area contributed by atoms with E-state index in [0.717, 1.165) is 25.7 Å². The molecular formula is C17H25NO5S. The zero-order valence-electron chi connectivity index (χ0n) is 14.0. The van der Waals surface area contributed by atoms with E-state index in [1.54, 1.807) is 24.3 Å². The summed E-state index contributed by atoms with van der Waals surface area (Å²) in [5.41, 5.74) is 0. The van der Waals surface area contributed by atoms with Crippen LogP contribution in [0.5, 0.6) is 5.75 Å². The molecule has 1 aliphatic carbocycles. The number of nitrogens with one attached hydrogen (secondary N) is 1. The van der Waals surface area contributed by atoms with Gasteiger partial charge in [-0.15, -0.1) is 0 Å². The minimum Gasteiger partial charge on any atom is -0.494 e. The molecule has 1 spiro atoms. The molecule has 1 aliphatic heterocycles. The molecule has 134 valence electrons. The van der Waals surface area contributed by atoms with E-state index in [1.807, 2.05) is 6.92 Å². The van der Waals surface area contributed by atoms with Crippen LogP contribution in [0.2, 0.25) is 0 Å². The minimum absolute atomic E-state index is 0.220. The summed E-state index contributed by atoms with van der Waals surface area (Å²) in [5.74, 6) is 0.177. The highest BCUT2D eigenvalue weighted by Crippen LogP contribution is 2.37. The molecule has 2 fully saturated rings. The van der Waals surface area contributed by atoms with Crippen molar-refractivity contribution in [2.24, 2.45) is 0 Å². The van der Waals surface area contributed by atoms with Gasteiger partial charge in [-0.2, -0.15) is 0 Å². The van der Waals surface area contributed by atoms with E-state index in [1.165, 1.54) is 6.42 Å². The maximum atomic E-state index is 12.4. The second-order valence-corrected chi connectivity index (χ2v) is 8.05. The van der Waals surface area contributed by atoms with Crippen LogP contribution in [-0.4, -0.2) is 40.1 Å².